The Labute approximate surface area is 645 Å². The monoisotopic (exact) mass is 1670 g/mol. The molecule has 51 nitrogen and oxygen atoms in total. The molecular formula is C63H105N5O46. The summed E-state index contributed by atoms with van der Waals surface area (Å²) in [6, 6.07) is -8.52. The van der Waals surface area contributed by atoms with E-state index in [9.17, 15) is 151 Å². The largest absolute Gasteiger partial charge is 0.477 e. The lowest BCUT2D eigenvalue weighted by Gasteiger charge is -2.51. The van der Waals surface area contributed by atoms with Crippen molar-refractivity contribution < 1.29 is 227 Å². The number of carboxylic acid groups (broad SMARTS) is 1. The van der Waals surface area contributed by atoms with Crippen LogP contribution >= 0.6 is 0 Å². The highest BCUT2D eigenvalue weighted by Gasteiger charge is 2.63. The normalized spacial score (nSPS) is 44.9. The van der Waals surface area contributed by atoms with E-state index in [-0.39, 0.29) is 6.41 Å². The number of rotatable bonds is 35. The fourth-order valence-electron chi connectivity index (χ4n) is 14.3. The van der Waals surface area contributed by atoms with Gasteiger partial charge in [-0.3, -0.25) is 24.0 Å². The molecule has 0 aromatic heterocycles. The number of carbonyl (C=O) groups is 6. The van der Waals surface area contributed by atoms with Crippen molar-refractivity contribution in [2.24, 2.45) is 0 Å². The van der Waals surface area contributed by atoms with Crippen molar-refractivity contribution in [1.29, 1.82) is 0 Å². The van der Waals surface area contributed by atoms with Gasteiger partial charge >= 0.3 is 5.97 Å². The van der Waals surface area contributed by atoms with Gasteiger partial charge in [-0.2, -0.15) is 0 Å². The van der Waals surface area contributed by atoms with Crippen LogP contribution in [0.5, 0.6) is 0 Å². The number of aliphatic hydroxyl groups excluding tert-OH is 23. The van der Waals surface area contributed by atoms with Crippen molar-refractivity contribution >= 4 is 36.0 Å². The summed E-state index contributed by atoms with van der Waals surface area (Å²) in [5, 5.41) is 278. The summed E-state index contributed by atoms with van der Waals surface area (Å²) in [5.41, 5.74) is 0. The molecule has 0 bridgehead atoms. The van der Waals surface area contributed by atoms with Crippen LogP contribution < -0.4 is 26.6 Å². The van der Waals surface area contributed by atoms with Crippen LogP contribution in [-0.2, 0) is 105 Å². The van der Waals surface area contributed by atoms with E-state index in [4.69, 9.17) is 75.8 Å². The molecule has 0 spiro atoms. The molecule has 0 unspecified atom stereocenters. The van der Waals surface area contributed by atoms with Gasteiger partial charge in [0.05, 0.1) is 84.3 Å². The summed E-state index contributed by atoms with van der Waals surface area (Å²) >= 11 is 0. The van der Waals surface area contributed by atoms with Gasteiger partial charge < -0.3 is 225 Å². The summed E-state index contributed by atoms with van der Waals surface area (Å²) < 4.78 is 93.7. The molecule has 8 saturated heterocycles. The lowest BCUT2D eigenvalue weighted by Crippen LogP contribution is -2.71. The van der Waals surface area contributed by atoms with Gasteiger partial charge in [0.2, 0.25) is 30.0 Å². The van der Waals surface area contributed by atoms with E-state index in [1.165, 1.54) is 0 Å². The molecular weight excluding hydrogens is 1560 g/mol. The molecule has 5 amide bonds. The zero-order valence-electron chi connectivity index (χ0n) is 61.2. The van der Waals surface area contributed by atoms with Gasteiger partial charge in [0, 0.05) is 34.1 Å². The first-order valence-corrected chi connectivity index (χ1v) is 36.0. The second kappa shape index (κ2) is 42.0. The Hall–Kier alpha value is -4.74. The molecule has 0 aromatic carbocycles. The smallest absolute Gasteiger partial charge is 0.364 e. The Morgan fingerprint density at radius 2 is 0.772 bits per heavy atom. The van der Waals surface area contributed by atoms with Crippen molar-refractivity contribution in [3.63, 3.8) is 0 Å². The van der Waals surface area contributed by atoms with Crippen LogP contribution in [0.1, 0.15) is 34.1 Å². The van der Waals surface area contributed by atoms with Gasteiger partial charge in [-0.15, -0.1) is 0 Å². The first-order chi connectivity index (χ1) is 53.9. The Kier molecular flexibility index (Phi) is 34.9. The fraction of sp³-hybridized carbons (Fsp3) is 0.905. The van der Waals surface area contributed by atoms with E-state index in [1.807, 2.05) is 0 Å². The summed E-state index contributed by atoms with van der Waals surface area (Å²) in [7, 11) is 0. The zero-order valence-corrected chi connectivity index (χ0v) is 61.2. The molecule has 29 N–H and O–H groups in total. The molecule has 8 fully saturated rings. The minimum absolute atomic E-state index is 0.245. The molecule has 8 aliphatic rings. The van der Waals surface area contributed by atoms with Gasteiger partial charge in [0.15, 0.2) is 44.0 Å². The van der Waals surface area contributed by atoms with E-state index in [1.54, 1.807) is 0 Å². The standard InChI is InChI=1S/C63H105N5O46/c1-17(78)65-31-22(82)5-63(62(97)98,113-51(31)35(84)23(83)7-70)114-54-38(87)26(10-73)103-61(47(54)96)109-49-28(12-75)105-57(34(42(49)91)68-20(4)81)112-53-39(88)30(15-100-55-32(66-18(2)79)40(89)36(85)24(8-71)101-55)107-60(46(53)95)108-48-27(11-74)104-56(33(41(48)90)67-19(3)80)111-52-37(86)25(9-72)102-59(45(52)94)110-50-29(13-76)106-58(44(93)43(50)92)99-14-21(6-69)64-16-77/h16,21-61,69-76,82-96H,5-15H2,1-4H3,(H,64,77)(H,65,78)(H,66,79)(H,67,80)(H,68,81)(H,97,98)/t21-,22+,23-,24-,25-,26-,27-,28-,29-,30-,31-,32-,33-,34-,35-,36-,37+,38+,39+,40-,41-,42-,43-,44-,45-,46-,47-,48-,49-,50-,51-,52+,53+,54+,55-,56+,57-,58-,59+,60+,61+,63+/m1/s1. The number of hydrogen-bond acceptors (Lipinski definition) is 45. The Morgan fingerprint density at radius 1 is 0.404 bits per heavy atom. The highest BCUT2D eigenvalue weighted by molar-refractivity contribution is 5.77. The first kappa shape index (κ1) is 94.7. The van der Waals surface area contributed by atoms with E-state index in [2.05, 4.69) is 26.6 Å². The van der Waals surface area contributed by atoms with Crippen LogP contribution in [0.3, 0.4) is 0 Å². The SMILES string of the molecule is CC(=O)N[C@H]1[C@H](O[C@H]2[C@@H](O)[C@@H](CO)O[C@@H](O[C@H]3[C@H](O)[C@@H](O)[C@H](OC[C@@H](CO)NC=O)O[C@@H]3CO)[C@@H]2O)O[C@H](CO)[C@@H](O[C@@H]2O[C@H](CO[C@@H]3O[C@H](CO)[C@@H](O)[C@H](O)[C@H]3NC(C)=O)[C@H](O)[C@H](O[C@H]3O[C@H](CO)[C@@H](O[C@@H]4O[C@H](CO)[C@H](O)[C@H](O[C@]5(C(=O)O)C[C@H](O)[C@@H](NC(C)=O)[C@H]([C@H](O)[C@H](O)CO)O5)[C@H]4O)[C@H](O)[C@H]3NC(C)=O)[C@H]2O)[C@@H]1O. The Balaban J connectivity index is 1.07. The number of aliphatic carboxylic acids is 1. The molecule has 51 heteroatoms. The molecule has 8 aliphatic heterocycles. The van der Waals surface area contributed by atoms with E-state index in [0.717, 1.165) is 27.7 Å². The van der Waals surface area contributed by atoms with Crippen LogP contribution in [-0.4, -0.2) is 482 Å². The third kappa shape index (κ3) is 21.5. The average Bonchev–Trinajstić information content (AvgIpc) is 0.754. The number of ether oxygens (including phenoxy) is 16. The summed E-state index contributed by atoms with van der Waals surface area (Å²) in [5.74, 6) is -9.15. The number of carbonyl (C=O) groups excluding carboxylic acids is 5. The van der Waals surface area contributed by atoms with Crippen molar-refractivity contribution in [2.45, 2.75) is 291 Å². The van der Waals surface area contributed by atoms with Crippen LogP contribution in [0.25, 0.3) is 0 Å². The van der Waals surface area contributed by atoms with Gasteiger partial charge in [-0.05, 0) is 0 Å². The molecule has 8 heterocycles. The predicted octanol–water partition coefficient (Wildman–Crippen LogP) is -19.5. The third-order valence-corrected chi connectivity index (χ3v) is 20.2. The van der Waals surface area contributed by atoms with Crippen molar-refractivity contribution in [1.82, 2.24) is 26.6 Å². The number of carboxylic acids is 1. The van der Waals surface area contributed by atoms with Crippen LogP contribution in [0.4, 0.5) is 0 Å². The summed E-state index contributed by atoms with van der Waals surface area (Å²) in [6.45, 7) is -6.40. The molecule has 658 valence electrons. The molecule has 0 aromatic rings. The van der Waals surface area contributed by atoms with Crippen molar-refractivity contribution in [3.8, 4) is 0 Å². The number of hydrogen-bond donors (Lipinski definition) is 29. The number of amides is 5. The highest BCUT2D eigenvalue weighted by Crippen LogP contribution is 2.41. The topological polar surface area (TPSA) is 796 Å². The molecule has 8 rings (SSSR count). The maximum Gasteiger partial charge on any atom is 0.364 e. The zero-order chi connectivity index (χ0) is 84.4. The van der Waals surface area contributed by atoms with E-state index in [0.29, 0.717) is 0 Å². The number of aliphatic hydroxyl groups is 23. The second-order valence-electron chi connectivity index (χ2n) is 28.3. The van der Waals surface area contributed by atoms with Crippen LogP contribution in [0.2, 0.25) is 0 Å². The third-order valence-electron chi connectivity index (χ3n) is 20.2. The van der Waals surface area contributed by atoms with Crippen LogP contribution in [0.15, 0.2) is 0 Å². The highest BCUT2D eigenvalue weighted by atomic mass is 16.8. The lowest BCUT2D eigenvalue weighted by molar-refractivity contribution is -0.393. The summed E-state index contributed by atoms with van der Waals surface area (Å²) in [4.78, 5) is 75.1. The van der Waals surface area contributed by atoms with Gasteiger partial charge in [0.25, 0.3) is 5.79 Å². The molecule has 0 radical (unpaired) electrons. The predicted molar refractivity (Wildman–Crippen MR) is 352 cm³/mol. The molecule has 0 aliphatic carbocycles. The van der Waals surface area contributed by atoms with Crippen molar-refractivity contribution in [2.75, 3.05) is 66.1 Å². The van der Waals surface area contributed by atoms with Gasteiger partial charge in [-0.25, -0.2) is 4.79 Å². The average molecular weight is 1670 g/mol. The quantitative estimate of drug-likeness (QED) is 0.0262. The van der Waals surface area contributed by atoms with E-state index >= 15 is 0 Å². The van der Waals surface area contributed by atoms with Crippen LogP contribution in [0, 0.1) is 0 Å². The molecule has 114 heavy (non-hydrogen) atoms. The first-order valence-electron chi connectivity index (χ1n) is 36.0. The maximum atomic E-state index is 13.2. The minimum atomic E-state index is -3.29. The van der Waals surface area contributed by atoms with Gasteiger partial charge in [-0.1, -0.05) is 0 Å². The Morgan fingerprint density at radius 3 is 1.19 bits per heavy atom. The van der Waals surface area contributed by atoms with Crippen molar-refractivity contribution in [3.05, 3.63) is 0 Å². The fourth-order valence-corrected chi connectivity index (χ4v) is 14.3. The molecule has 0 saturated carbocycles. The number of nitrogens with one attached hydrogen (secondary N) is 5. The summed E-state index contributed by atoms with van der Waals surface area (Å²) in [6.07, 6.45) is -77.4. The van der Waals surface area contributed by atoms with Gasteiger partial charge in [0.1, 0.15) is 189 Å². The lowest BCUT2D eigenvalue weighted by atomic mass is 9.88. The maximum absolute atomic E-state index is 13.2. The molecule has 42 atom stereocenters. The van der Waals surface area contributed by atoms with E-state index < -0.39 is 359 Å². The minimum Gasteiger partial charge on any atom is -0.477 e. The Bertz CT molecular complexity index is 3060. The second-order valence-corrected chi connectivity index (χ2v) is 28.3.